The van der Waals surface area contributed by atoms with Gasteiger partial charge < -0.3 is 24.4 Å². The highest BCUT2D eigenvalue weighted by atomic mass is 16.5. The maximum absolute atomic E-state index is 6.40. The summed E-state index contributed by atoms with van der Waals surface area (Å²) in [6.45, 7) is 7.40. The molecule has 1 N–H and O–H groups in total. The van der Waals surface area contributed by atoms with E-state index >= 15 is 0 Å². The summed E-state index contributed by atoms with van der Waals surface area (Å²) in [5.74, 6) is 2.57. The minimum Gasteiger partial charge on any atom is -0.497 e. The predicted octanol–water partition coefficient (Wildman–Crippen LogP) is 3.83. The average molecular weight is 370 g/mol. The number of nitrogens with zero attached hydrogens (tertiary/aromatic N) is 1. The molecule has 2 atom stereocenters. The second-order valence-electron chi connectivity index (χ2n) is 6.80. The zero-order chi connectivity index (χ0) is 19.2. The Bertz CT molecular complexity index is 729. The highest BCUT2D eigenvalue weighted by Crippen LogP contribution is 2.31. The third-order valence-electron chi connectivity index (χ3n) is 5.22. The van der Waals surface area contributed by atoms with Gasteiger partial charge in [0, 0.05) is 18.7 Å². The van der Waals surface area contributed by atoms with Crippen LogP contribution in [0.3, 0.4) is 0 Å². The predicted molar refractivity (Wildman–Crippen MR) is 109 cm³/mol. The number of likely N-dealkylation sites (N-methyl/N-ethyl adjacent to an activating group) is 1. The number of methoxy groups -OCH3 is 2. The number of benzene rings is 2. The molecule has 0 spiro atoms. The lowest BCUT2D eigenvalue weighted by Gasteiger charge is -2.37. The zero-order valence-electron chi connectivity index (χ0n) is 16.7. The van der Waals surface area contributed by atoms with Crippen LogP contribution in [0.25, 0.3) is 0 Å². The third kappa shape index (κ3) is 4.66. The van der Waals surface area contributed by atoms with E-state index in [2.05, 4.69) is 36.2 Å². The van der Waals surface area contributed by atoms with Crippen molar-refractivity contribution in [3.63, 3.8) is 0 Å². The van der Waals surface area contributed by atoms with E-state index in [-0.39, 0.29) is 12.1 Å². The Balaban J connectivity index is 1.83. The summed E-state index contributed by atoms with van der Waals surface area (Å²) in [6.07, 6.45) is 0.885. The van der Waals surface area contributed by atoms with Crippen molar-refractivity contribution in [3.8, 4) is 17.2 Å². The van der Waals surface area contributed by atoms with Gasteiger partial charge in [0.2, 0.25) is 0 Å². The summed E-state index contributed by atoms with van der Waals surface area (Å²) < 4.78 is 17.0. The molecule has 0 aromatic heterocycles. The highest BCUT2D eigenvalue weighted by molar-refractivity contribution is 5.57. The van der Waals surface area contributed by atoms with E-state index < -0.39 is 0 Å². The molecule has 1 aliphatic heterocycles. The van der Waals surface area contributed by atoms with E-state index in [0.29, 0.717) is 0 Å². The molecule has 2 aromatic rings. The molecular formula is C22H30N2O3. The van der Waals surface area contributed by atoms with Crippen molar-refractivity contribution in [1.29, 1.82) is 0 Å². The van der Waals surface area contributed by atoms with Crippen molar-refractivity contribution in [2.24, 2.45) is 0 Å². The van der Waals surface area contributed by atoms with Gasteiger partial charge in [-0.25, -0.2) is 0 Å². The van der Waals surface area contributed by atoms with Crippen molar-refractivity contribution < 1.29 is 14.2 Å². The van der Waals surface area contributed by atoms with Crippen LogP contribution < -0.4 is 19.5 Å². The Morgan fingerprint density at radius 2 is 1.56 bits per heavy atom. The number of rotatable bonds is 8. The standard InChI is InChI=1S/C22H30N2O3/c1-5-24(6-2)15-21-22(27-18-9-7-17(25-3)8-10-18)14-16-13-19(26-4)11-12-20(16)23-21/h7-13,21-23H,5-6,14-15H2,1-4H3/t21-,22-/m1/s1. The summed E-state index contributed by atoms with van der Waals surface area (Å²) in [7, 11) is 3.37. The minimum atomic E-state index is 0.0404. The van der Waals surface area contributed by atoms with E-state index in [1.807, 2.05) is 30.3 Å². The van der Waals surface area contributed by atoms with Crippen molar-refractivity contribution >= 4 is 5.69 Å². The normalized spacial score (nSPS) is 18.6. The van der Waals surface area contributed by atoms with E-state index in [1.54, 1.807) is 14.2 Å². The van der Waals surface area contributed by atoms with Gasteiger partial charge in [-0.3, -0.25) is 0 Å². The Morgan fingerprint density at radius 3 is 2.19 bits per heavy atom. The molecule has 146 valence electrons. The van der Waals surface area contributed by atoms with Gasteiger partial charge in [0.25, 0.3) is 0 Å². The van der Waals surface area contributed by atoms with Gasteiger partial charge in [0.05, 0.1) is 20.3 Å². The van der Waals surface area contributed by atoms with Gasteiger partial charge in [-0.2, -0.15) is 0 Å². The van der Waals surface area contributed by atoms with Crippen LogP contribution in [-0.2, 0) is 6.42 Å². The van der Waals surface area contributed by atoms with E-state index in [1.165, 1.54) is 11.3 Å². The first-order valence-electron chi connectivity index (χ1n) is 9.63. The Kier molecular flexibility index (Phi) is 6.45. The molecule has 2 aromatic carbocycles. The minimum absolute atomic E-state index is 0.0404. The molecular weight excluding hydrogens is 340 g/mol. The van der Waals surface area contributed by atoms with E-state index in [4.69, 9.17) is 14.2 Å². The van der Waals surface area contributed by atoms with Crippen LogP contribution in [0, 0.1) is 0 Å². The number of nitrogens with one attached hydrogen (secondary N) is 1. The second-order valence-corrected chi connectivity index (χ2v) is 6.80. The summed E-state index contributed by atoms with van der Waals surface area (Å²) in [4.78, 5) is 2.43. The molecule has 0 amide bonds. The maximum atomic E-state index is 6.40. The topological polar surface area (TPSA) is 43.0 Å². The van der Waals surface area contributed by atoms with Gasteiger partial charge in [0.1, 0.15) is 23.4 Å². The lowest BCUT2D eigenvalue weighted by molar-refractivity contribution is 0.146. The van der Waals surface area contributed by atoms with Gasteiger partial charge in [0.15, 0.2) is 0 Å². The van der Waals surface area contributed by atoms with Crippen LogP contribution in [0.15, 0.2) is 42.5 Å². The number of ether oxygens (including phenoxy) is 3. The lowest BCUT2D eigenvalue weighted by atomic mass is 9.94. The van der Waals surface area contributed by atoms with Gasteiger partial charge >= 0.3 is 0 Å². The SMILES string of the molecule is CCN(CC)C[C@H]1Nc2ccc(OC)cc2C[C@H]1Oc1ccc(OC)cc1. The molecule has 3 rings (SSSR count). The quantitative estimate of drug-likeness (QED) is 0.765. The average Bonchev–Trinajstić information content (AvgIpc) is 2.72. The van der Waals surface area contributed by atoms with Gasteiger partial charge in [-0.05, 0) is 61.1 Å². The monoisotopic (exact) mass is 370 g/mol. The van der Waals surface area contributed by atoms with Crippen molar-refractivity contribution in [3.05, 3.63) is 48.0 Å². The molecule has 1 heterocycles. The van der Waals surface area contributed by atoms with E-state index in [0.717, 1.165) is 43.3 Å². The fourth-order valence-electron chi connectivity index (χ4n) is 3.53. The molecule has 5 heteroatoms. The zero-order valence-corrected chi connectivity index (χ0v) is 16.7. The van der Waals surface area contributed by atoms with Crippen LogP contribution >= 0.6 is 0 Å². The van der Waals surface area contributed by atoms with Crippen LogP contribution in [-0.4, -0.2) is 50.9 Å². The lowest BCUT2D eigenvalue weighted by Crippen LogP contribution is -2.49. The third-order valence-corrected chi connectivity index (χ3v) is 5.22. The van der Waals surface area contributed by atoms with Crippen LogP contribution in [0.2, 0.25) is 0 Å². The molecule has 0 fully saturated rings. The molecule has 1 aliphatic rings. The summed E-state index contributed by atoms with van der Waals surface area (Å²) >= 11 is 0. The summed E-state index contributed by atoms with van der Waals surface area (Å²) in [6, 6.07) is 14.2. The maximum Gasteiger partial charge on any atom is 0.124 e. The molecule has 0 saturated heterocycles. The second kappa shape index (κ2) is 9.00. The molecule has 0 aliphatic carbocycles. The van der Waals surface area contributed by atoms with Crippen molar-refractivity contribution in [2.45, 2.75) is 32.4 Å². The van der Waals surface area contributed by atoms with E-state index in [9.17, 15) is 0 Å². The number of anilines is 1. The Labute approximate surface area is 162 Å². The molecule has 5 nitrogen and oxygen atoms in total. The number of hydrogen-bond donors (Lipinski definition) is 1. The Morgan fingerprint density at radius 1 is 0.926 bits per heavy atom. The fourth-order valence-corrected chi connectivity index (χ4v) is 3.53. The first kappa shape index (κ1) is 19.4. The molecule has 27 heavy (non-hydrogen) atoms. The number of fused-ring (bicyclic) bond motifs is 1. The van der Waals surface area contributed by atoms with Gasteiger partial charge in [-0.15, -0.1) is 0 Å². The van der Waals surface area contributed by atoms with Gasteiger partial charge in [-0.1, -0.05) is 13.8 Å². The summed E-state index contributed by atoms with van der Waals surface area (Å²) in [5.41, 5.74) is 2.39. The van der Waals surface area contributed by atoms with Crippen LogP contribution in [0.1, 0.15) is 19.4 Å². The Hall–Kier alpha value is -2.40. The first-order chi connectivity index (χ1) is 13.2. The molecule has 0 unspecified atom stereocenters. The van der Waals surface area contributed by atoms with Crippen LogP contribution in [0.5, 0.6) is 17.2 Å². The fraction of sp³-hybridized carbons (Fsp3) is 0.455. The largest absolute Gasteiger partial charge is 0.497 e. The number of hydrogen-bond acceptors (Lipinski definition) is 5. The highest BCUT2D eigenvalue weighted by Gasteiger charge is 2.31. The van der Waals surface area contributed by atoms with Crippen LogP contribution in [0.4, 0.5) is 5.69 Å². The summed E-state index contributed by atoms with van der Waals surface area (Å²) in [5, 5.41) is 3.69. The molecule has 0 radical (unpaired) electrons. The first-order valence-corrected chi connectivity index (χ1v) is 9.63. The molecule has 0 saturated carbocycles. The molecule has 0 bridgehead atoms. The van der Waals surface area contributed by atoms with Crippen molar-refractivity contribution in [1.82, 2.24) is 4.90 Å². The van der Waals surface area contributed by atoms with Crippen molar-refractivity contribution in [2.75, 3.05) is 39.2 Å². The smallest absolute Gasteiger partial charge is 0.124 e.